The van der Waals surface area contributed by atoms with Gasteiger partial charge in [-0.2, -0.15) is 5.10 Å². The van der Waals surface area contributed by atoms with Gasteiger partial charge >= 0.3 is 0 Å². The lowest BCUT2D eigenvalue weighted by atomic mass is 10.1. The van der Waals surface area contributed by atoms with Crippen LogP contribution in [0.3, 0.4) is 0 Å². The number of anilines is 2. The number of nitrogens with one attached hydrogen (secondary N) is 1. The van der Waals surface area contributed by atoms with Gasteiger partial charge in [0.25, 0.3) is 0 Å². The van der Waals surface area contributed by atoms with E-state index in [2.05, 4.69) is 41.5 Å². The molecule has 1 N–H and O–H groups in total. The van der Waals surface area contributed by atoms with Crippen LogP contribution in [0.4, 0.5) is 11.5 Å². The van der Waals surface area contributed by atoms with Crippen molar-refractivity contribution in [1.82, 2.24) is 14.6 Å². The van der Waals surface area contributed by atoms with Crippen LogP contribution in [0.1, 0.15) is 12.5 Å². The van der Waals surface area contributed by atoms with E-state index in [1.54, 1.807) is 11.6 Å². The fourth-order valence-electron chi connectivity index (χ4n) is 2.87. The summed E-state index contributed by atoms with van der Waals surface area (Å²) in [5.41, 5.74) is 5.10. The molecular weight excluding hydrogens is 324 g/mol. The molecule has 5 nitrogen and oxygen atoms in total. The number of methoxy groups -OCH3 is 1. The summed E-state index contributed by atoms with van der Waals surface area (Å²) < 4.78 is 6.99. The van der Waals surface area contributed by atoms with Crippen molar-refractivity contribution in [3.63, 3.8) is 0 Å². The second kappa shape index (κ2) is 6.88. The molecule has 0 bridgehead atoms. The van der Waals surface area contributed by atoms with Crippen molar-refractivity contribution < 1.29 is 4.74 Å². The standard InChI is InChI=1S/C21H20N4O/c1-3-15-5-4-6-16(13-15)19-11-12-21-23-20(14-25(21)24-19)22-17-7-9-18(26-2)10-8-17/h4-14,22H,3H2,1-2H3. The van der Waals surface area contributed by atoms with E-state index in [9.17, 15) is 0 Å². The van der Waals surface area contributed by atoms with E-state index in [-0.39, 0.29) is 0 Å². The van der Waals surface area contributed by atoms with Crippen molar-refractivity contribution in [3.8, 4) is 17.0 Å². The molecule has 0 fully saturated rings. The number of fused-ring (bicyclic) bond motifs is 1. The molecule has 130 valence electrons. The van der Waals surface area contributed by atoms with Crippen molar-refractivity contribution in [3.05, 3.63) is 72.4 Å². The van der Waals surface area contributed by atoms with E-state index in [0.29, 0.717) is 0 Å². The molecule has 2 aromatic heterocycles. The molecule has 2 heterocycles. The predicted molar refractivity (Wildman–Crippen MR) is 104 cm³/mol. The summed E-state index contributed by atoms with van der Waals surface area (Å²) in [4.78, 5) is 4.58. The smallest absolute Gasteiger partial charge is 0.156 e. The number of imidazole rings is 1. The number of hydrogen-bond acceptors (Lipinski definition) is 4. The first kappa shape index (κ1) is 16.1. The van der Waals surface area contributed by atoms with Gasteiger partial charge in [0.15, 0.2) is 11.5 Å². The van der Waals surface area contributed by atoms with Crippen LogP contribution in [0.25, 0.3) is 16.9 Å². The maximum absolute atomic E-state index is 5.18. The Kier molecular flexibility index (Phi) is 4.27. The van der Waals surface area contributed by atoms with Gasteiger partial charge in [-0.05, 0) is 54.4 Å². The monoisotopic (exact) mass is 344 g/mol. The Balaban J connectivity index is 1.62. The maximum Gasteiger partial charge on any atom is 0.156 e. The van der Waals surface area contributed by atoms with Gasteiger partial charge in [-0.1, -0.05) is 25.1 Å². The summed E-state index contributed by atoms with van der Waals surface area (Å²) in [5.74, 6) is 1.58. The van der Waals surface area contributed by atoms with Crippen LogP contribution < -0.4 is 10.1 Å². The number of nitrogens with zero attached hydrogens (tertiary/aromatic N) is 3. The molecule has 0 saturated heterocycles. The SMILES string of the molecule is CCc1cccc(-c2ccc3nc(Nc4ccc(OC)cc4)cn3n2)c1. The van der Waals surface area contributed by atoms with Crippen molar-refractivity contribution in [2.75, 3.05) is 12.4 Å². The summed E-state index contributed by atoms with van der Waals surface area (Å²) in [6.45, 7) is 2.16. The molecule has 0 aliphatic heterocycles. The van der Waals surface area contributed by atoms with Crippen molar-refractivity contribution in [2.24, 2.45) is 0 Å². The molecule has 0 radical (unpaired) electrons. The molecule has 0 unspecified atom stereocenters. The zero-order valence-corrected chi connectivity index (χ0v) is 14.8. The van der Waals surface area contributed by atoms with Gasteiger partial charge in [-0.25, -0.2) is 9.50 Å². The van der Waals surface area contributed by atoms with Crippen LogP contribution in [0.2, 0.25) is 0 Å². The second-order valence-electron chi connectivity index (χ2n) is 6.05. The molecule has 4 aromatic rings. The highest BCUT2D eigenvalue weighted by molar-refractivity contribution is 5.63. The van der Waals surface area contributed by atoms with E-state index in [1.807, 2.05) is 42.6 Å². The lowest BCUT2D eigenvalue weighted by molar-refractivity contribution is 0.415. The molecule has 0 aliphatic rings. The van der Waals surface area contributed by atoms with Gasteiger partial charge in [-0.15, -0.1) is 0 Å². The number of rotatable bonds is 5. The fraction of sp³-hybridized carbons (Fsp3) is 0.143. The molecule has 0 aliphatic carbocycles. The quantitative estimate of drug-likeness (QED) is 0.569. The van der Waals surface area contributed by atoms with E-state index in [1.165, 1.54) is 5.56 Å². The number of hydrogen-bond donors (Lipinski definition) is 1. The topological polar surface area (TPSA) is 51.5 Å². The largest absolute Gasteiger partial charge is 0.497 e. The van der Waals surface area contributed by atoms with E-state index in [0.717, 1.165) is 40.6 Å². The first-order valence-corrected chi connectivity index (χ1v) is 8.62. The third-order valence-electron chi connectivity index (χ3n) is 4.31. The van der Waals surface area contributed by atoms with Crippen LogP contribution in [0.15, 0.2) is 66.9 Å². The molecule has 4 rings (SSSR count). The summed E-state index contributed by atoms with van der Waals surface area (Å²) >= 11 is 0. The maximum atomic E-state index is 5.18. The van der Waals surface area contributed by atoms with Gasteiger partial charge in [0.1, 0.15) is 5.75 Å². The van der Waals surface area contributed by atoms with E-state index in [4.69, 9.17) is 9.84 Å². The van der Waals surface area contributed by atoms with Gasteiger partial charge in [-0.3, -0.25) is 0 Å². The van der Waals surface area contributed by atoms with Crippen molar-refractivity contribution in [2.45, 2.75) is 13.3 Å². The molecule has 0 amide bonds. The molecule has 2 aromatic carbocycles. The Morgan fingerprint density at radius 3 is 2.65 bits per heavy atom. The Morgan fingerprint density at radius 1 is 1.04 bits per heavy atom. The zero-order valence-electron chi connectivity index (χ0n) is 14.8. The first-order chi connectivity index (χ1) is 12.7. The third kappa shape index (κ3) is 3.24. The molecule has 0 spiro atoms. The second-order valence-corrected chi connectivity index (χ2v) is 6.05. The minimum absolute atomic E-state index is 0.752. The molecule has 0 saturated carbocycles. The van der Waals surface area contributed by atoms with Crippen LogP contribution >= 0.6 is 0 Å². The Hall–Kier alpha value is -3.34. The number of ether oxygens (including phenoxy) is 1. The zero-order chi connectivity index (χ0) is 17.9. The summed E-state index contributed by atoms with van der Waals surface area (Å²) in [7, 11) is 1.66. The first-order valence-electron chi connectivity index (χ1n) is 8.62. The predicted octanol–water partition coefficient (Wildman–Crippen LogP) is 4.71. The van der Waals surface area contributed by atoms with Crippen molar-refractivity contribution >= 4 is 17.2 Å². The number of aromatic nitrogens is 3. The number of benzene rings is 2. The Bertz CT molecular complexity index is 1040. The average Bonchev–Trinajstić information content (AvgIpc) is 3.10. The van der Waals surface area contributed by atoms with E-state index < -0.39 is 0 Å². The fourth-order valence-corrected chi connectivity index (χ4v) is 2.87. The molecule has 5 heteroatoms. The van der Waals surface area contributed by atoms with Gasteiger partial charge in [0.2, 0.25) is 0 Å². The highest BCUT2D eigenvalue weighted by atomic mass is 16.5. The summed E-state index contributed by atoms with van der Waals surface area (Å²) in [5, 5.41) is 8.00. The summed E-state index contributed by atoms with van der Waals surface area (Å²) in [6.07, 6.45) is 2.91. The minimum Gasteiger partial charge on any atom is -0.497 e. The minimum atomic E-state index is 0.752. The Labute approximate surface area is 152 Å². The van der Waals surface area contributed by atoms with Gasteiger partial charge < -0.3 is 10.1 Å². The van der Waals surface area contributed by atoms with E-state index >= 15 is 0 Å². The normalized spacial score (nSPS) is 10.8. The number of aryl methyl sites for hydroxylation is 1. The third-order valence-corrected chi connectivity index (χ3v) is 4.31. The van der Waals surface area contributed by atoms with Crippen LogP contribution in [-0.2, 0) is 6.42 Å². The van der Waals surface area contributed by atoms with Crippen LogP contribution in [0.5, 0.6) is 5.75 Å². The molecular formula is C21H20N4O. The average molecular weight is 344 g/mol. The molecule has 0 atom stereocenters. The van der Waals surface area contributed by atoms with Gasteiger partial charge in [0, 0.05) is 11.3 Å². The van der Waals surface area contributed by atoms with Crippen molar-refractivity contribution in [1.29, 1.82) is 0 Å². The highest BCUT2D eigenvalue weighted by Crippen LogP contribution is 2.22. The lowest BCUT2D eigenvalue weighted by Gasteiger charge is -2.04. The van der Waals surface area contributed by atoms with Crippen LogP contribution in [-0.4, -0.2) is 21.7 Å². The Morgan fingerprint density at radius 2 is 1.88 bits per heavy atom. The van der Waals surface area contributed by atoms with Gasteiger partial charge in [0.05, 0.1) is 19.0 Å². The molecule has 26 heavy (non-hydrogen) atoms. The van der Waals surface area contributed by atoms with Crippen LogP contribution in [0, 0.1) is 0 Å². The summed E-state index contributed by atoms with van der Waals surface area (Å²) in [6, 6.07) is 20.2. The highest BCUT2D eigenvalue weighted by Gasteiger charge is 2.06. The lowest BCUT2D eigenvalue weighted by Crippen LogP contribution is -1.93.